The lowest BCUT2D eigenvalue weighted by atomic mass is 10.1. The molecule has 0 saturated heterocycles. The van der Waals surface area contributed by atoms with E-state index in [2.05, 4.69) is 15.3 Å². The van der Waals surface area contributed by atoms with E-state index in [1.807, 2.05) is 13.8 Å². The zero-order chi connectivity index (χ0) is 15.5. The zero-order valence-electron chi connectivity index (χ0n) is 11.5. The number of anilines is 1. The summed E-state index contributed by atoms with van der Waals surface area (Å²) < 4.78 is 37.7. The summed E-state index contributed by atoms with van der Waals surface area (Å²) in [4.78, 5) is 8.50. The molecule has 0 aliphatic heterocycles. The predicted molar refractivity (Wildman–Crippen MR) is 77.2 cm³/mol. The minimum absolute atomic E-state index is 0.130. The van der Waals surface area contributed by atoms with E-state index in [4.69, 9.17) is 0 Å². The molecule has 1 heterocycles. The van der Waals surface area contributed by atoms with Crippen molar-refractivity contribution < 1.29 is 13.2 Å². The van der Waals surface area contributed by atoms with Gasteiger partial charge in [0.25, 0.3) is 0 Å². The highest BCUT2D eigenvalue weighted by atomic mass is 32.2. The molecule has 2 rings (SSSR count). The average molecular weight is 313 g/mol. The van der Waals surface area contributed by atoms with Crippen molar-refractivity contribution in [3.63, 3.8) is 0 Å². The Morgan fingerprint density at radius 1 is 1.14 bits per heavy atom. The fraction of sp³-hybridized carbons (Fsp3) is 0.286. The van der Waals surface area contributed by atoms with Crippen LogP contribution in [0.25, 0.3) is 0 Å². The van der Waals surface area contributed by atoms with Crippen molar-refractivity contribution in [3.05, 3.63) is 48.0 Å². The molecule has 1 atom stereocenters. The monoisotopic (exact) mass is 313 g/mol. The molecule has 3 nitrogen and oxygen atoms in total. The Balaban J connectivity index is 2.22. The van der Waals surface area contributed by atoms with Crippen LogP contribution in [0, 0.1) is 6.92 Å². The Bertz CT molecular complexity index is 616. The molecule has 2 aromatic rings. The van der Waals surface area contributed by atoms with Gasteiger partial charge in [-0.15, -0.1) is 0 Å². The molecule has 112 valence electrons. The third kappa shape index (κ3) is 4.35. The Morgan fingerprint density at radius 3 is 2.48 bits per heavy atom. The van der Waals surface area contributed by atoms with Gasteiger partial charge >= 0.3 is 5.51 Å². The quantitative estimate of drug-likeness (QED) is 0.839. The molecule has 0 fully saturated rings. The van der Waals surface area contributed by atoms with Crippen LogP contribution in [0.5, 0.6) is 0 Å². The average Bonchev–Trinajstić information content (AvgIpc) is 2.40. The summed E-state index contributed by atoms with van der Waals surface area (Å²) >= 11 is -0.130. The van der Waals surface area contributed by atoms with E-state index < -0.39 is 5.51 Å². The van der Waals surface area contributed by atoms with Crippen LogP contribution in [0.3, 0.4) is 0 Å². The first-order valence-electron chi connectivity index (χ1n) is 6.25. The van der Waals surface area contributed by atoms with Crippen LogP contribution in [0.1, 0.15) is 24.4 Å². The van der Waals surface area contributed by atoms with Crippen molar-refractivity contribution >= 4 is 17.4 Å². The van der Waals surface area contributed by atoms with E-state index in [9.17, 15) is 13.2 Å². The molecule has 0 bridgehead atoms. The largest absolute Gasteiger partial charge is 0.446 e. The fourth-order valence-electron chi connectivity index (χ4n) is 1.94. The van der Waals surface area contributed by atoms with E-state index in [0.29, 0.717) is 11.4 Å². The van der Waals surface area contributed by atoms with Gasteiger partial charge in [0.2, 0.25) is 0 Å². The number of nitrogens with one attached hydrogen (secondary N) is 1. The number of hydrogen-bond acceptors (Lipinski definition) is 4. The van der Waals surface area contributed by atoms with E-state index in [1.165, 1.54) is 6.07 Å². The van der Waals surface area contributed by atoms with Gasteiger partial charge in [-0.3, -0.25) is 9.97 Å². The van der Waals surface area contributed by atoms with Crippen LogP contribution in [0.15, 0.2) is 41.6 Å². The maximum absolute atomic E-state index is 12.6. The highest BCUT2D eigenvalue weighted by molar-refractivity contribution is 8.00. The predicted octanol–water partition coefficient (Wildman–Crippen LogP) is 4.57. The number of rotatable bonds is 4. The molecule has 1 unspecified atom stereocenters. The smallest absolute Gasteiger partial charge is 0.376 e. The molecule has 0 amide bonds. The Kier molecular flexibility index (Phi) is 4.72. The maximum Gasteiger partial charge on any atom is 0.446 e. The van der Waals surface area contributed by atoms with E-state index in [1.54, 1.807) is 30.6 Å². The van der Waals surface area contributed by atoms with Crippen molar-refractivity contribution in [2.24, 2.45) is 0 Å². The van der Waals surface area contributed by atoms with Gasteiger partial charge in [0.15, 0.2) is 0 Å². The number of thioether (sulfide) groups is 1. The first-order valence-corrected chi connectivity index (χ1v) is 7.07. The summed E-state index contributed by atoms with van der Waals surface area (Å²) in [7, 11) is 0. The summed E-state index contributed by atoms with van der Waals surface area (Å²) in [6.07, 6.45) is 3.15. The van der Waals surface area contributed by atoms with Crippen molar-refractivity contribution in [2.75, 3.05) is 5.32 Å². The van der Waals surface area contributed by atoms with Gasteiger partial charge in [-0.05, 0) is 37.7 Å². The molecule has 1 N–H and O–H groups in total. The van der Waals surface area contributed by atoms with Crippen LogP contribution in [-0.4, -0.2) is 15.5 Å². The number of alkyl halides is 3. The topological polar surface area (TPSA) is 37.8 Å². The molecule has 1 aromatic carbocycles. The third-order valence-electron chi connectivity index (χ3n) is 2.81. The molecular formula is C14H14F3N3S. The van der Waals surface area contributed by atoms with Crippen LogP contribution in [0.2, 0.25) is 0 Å². The zero-order valence-corrected chi connectivity index (χ0v) is 12.3. The molecule has 0 spiro atoms. The van der Waals surface area contributed by atoms with Crippen LogP contribution < -0.4 is 5.32 Å². The lowest BCUT2D eigenvalue weighted by Gasteiger charge is -2.18. The summed E-state index contributed by atoms with van der Waals surface area (Å²) in [6, 6.07) is 6.09. The molecule has 21 heavy (non-hydrogen) atoms. The first kappa shape index (κ1) is 15.6. The Morgan fingerprint density at radius 2 is 1.81 bits per heavy atom. The molecular weight excluding hydrogens is 299 g/mol. The summed E-state index contributed by atoms with van der Waals surface area (Å²) in [5.41, 5.74) is -2.43. The number of halogens is 3. The number of aromatic nitrogens is 2. The lowest BCUT2D eigenvalue weighted by Crippen LogP contribution is -2.12. The summed E-state index contributed by atoms with van der Waals surface area (Å²) in [5, 5.41) is 3.07. The van der Waals surface area contributed by atoms with Crippen LogP contribution in [-0.2, 0) is 0 Å². The second kappa shape index (κ2) is 6.34. The second-order valence-corrected chi connectivity index (χ2v) is 5.54. The summed E-state index contributed by atoms with van der Waals surface area (Å²) in [5.74, 6) is 0. The normalized spacial score (nSPS) is 13.0. The Hall–Kier alpha value is -1.76. The molecule has 0 radical (unpaired) electrons. The number of benzene rings is 1. The molecule has 0 aliphatic rings. The van der Waals surface area contributed by atoms with Crippen molar-refractivity contribution in [2.45, 2.75) is 30.3 Å². The minimum Gasteiger partial charge on any atom is -0.376 e. The Labute approximate surface area is 125 Å². The van der Waals surface area contributed by atoms with Crippen LogP contribution in [0.4, 0.5) is 18.9 Å². The SMILES string of the molecule is Cc1nccnc1C(C)Nc1ccccc1SC(F)(F)F. The summed E-state index contributed by atoms with van der Waals surface area (Å²) in [6.45, 7) is 3.66. The number of aryl methyl sites for hydroxylation is 1. The second-order valence-electron chi connectivity index (χ2n) is 4.44. The standard InChI is InChI=1S/C14H14F3N3S/c1-9-13(19-8-7-18-9)10(2)20-11-5-3-4-6-12(11)21-14(15,16)17/h3-8,10,20H,1-2H3. The lowest BCUT2D eigenvalue weighted by molar-refractivity contribution is -0.0327. The van der Waals surface area contributed by atoms with Gasteiger partial charge in [0.1, 0.15) is 0 Å². The van der Waals surface area contributed by atoms with Crippen molar-refractivity contribution in [1.82, 2.24) is 9.97 Å². The minimum atomic E-state index is -4.32. The maximum atomic E-state index is 12.6. The highest BCUT2D eigenvalue weighted by Gasteiger charge is 2.30. The number of para-hydroxylation sites is 1. The molecule has 7 heteroatoms. The van der Waals surface area contributed by atoms with Crippen LogP contribution >= 0.6 is 11.8 Å². The van der Waals surface area contributed by atoms with Gasteiger partial charge in [-0.25, -0.2) is 0 Å². The number of hydrogen-bond donors (Lipinski definition) is 1. The molecule has 1 aromatic heterocycles. The van der Waals surface area contributed by atoms with Crippen molar-refractivity contribution in [3.8, 4) is 0 Å². The fourth-order valence-corrected chi connectivity index (χ4v) is 2.58. The van der Waals surface area contributed by atoms with E-state index in [-0.39, 0.29) is 22.7 Å². The van der Waals surface area contributed by atoms with Gasteiger partial charge in [-0.1, -0.05) is 12.1 Å². The van der Waals surface area contributed by atoms with Gasteiger partial charge in [-0.2, -0.15) is 13.2 Å². The number of nitrogens with zero attached hydrogens (tertiary/aromatic N) is 2. The van der Waals surface area contributed by atoms with Gasteiger partial charge in [0, 0.05) is 23.0 Å². The molecule has 0 saturated carbocycles. The van der Waals surface area contributed by atoms with Crippen molar-refractivity contribution in [1.29, 1.82) is 0 Å². The van der Waals surface area contributed by atoms with E-state index in [0.717, 1.165) is 5.69 Å². The highest BCUT2D eigenvalue weighted by Crippen LogP contribution is 2.41. The van der Waals surface area contributed by atoms with E-state index >= 15 is 0 Å². The van der Waals surface area contributed by atoms with Gasteiger partial charge < -0.3 is 5.32 Å². The van der Waals surface area contributed by atoms with Gasteiger partial charge in [0.05, 0.1) is 17.4 Å². The third-order valence-corrected chi connectivity index (χ3v) is 3.62. The molecule has 0 aliphatic carbocycles. The first-order chi connectivity index (χ1) is 9.87.